The number of hydrogen-bond acceptors (Lipinski definition) is 0. The first-order valence-corrected chi connectivity index (χ1v) is 4.35. The molecule has 0 aliphatic carbocycles. The minimum atomic E-state index is -0.160. The topological polar surface area (TPSA) is 0 Å². The molecule has 0 unspecified atom stereocenters. The zero-order valence-electron chi connectivity index (χ0n) is 7.49. The van der Waals surface area contributed by atoms with Gasteiger partial charge in [-0.3, -0.25) is 0 Å². The van der Waals surface area contributed by atoms with E-state index >= 15 is 0 Å². The van der Waals surface area contributed by atoms with Crippen LogP contribution in [0.15, 0.2) is 12.1 Å². The summed E-state index contributed by atoms with van der Waals surface area (Å²) in [6.45, 7) is 5.70. The van der Waals surface area contributed by atoms with Crippen LogP contribution >= 0.6 is 11.6 Å². The monoisotopic (exact) mass is 186 g/mol. The molecule has 0 aromatic heterocycles. The summed E-state index contributed by atoms with van der Waals surface area (Å²) < 4.78 is 13.2. The van der Waals surface area contributed by atoms with E-state index in [0.717, 1.165) is 5.56 Å². The Morgan fingerprint density at radius 2 is 1.92 bits per heavy atom. The molecular weight excluding hydrogens is 175 g/mol. The number of hydrogen-bond donors (Lipinski definition) is 0. The van der Waals surface area contributed by atoms with Crippen molar-refractivity contribution < 1.29 is 4.39 Å². The predicted molar refractivity (Wildman–Crippen MR) is 50.2 cm³/mol. The fourth-order valence-corrected chi connectivity index (χ4v) is 1.28. The van der Waals surface area contributed by atoms with Crippen LogP contribution in [0.1, 0.15) is 30.9 Å². The lowest BCUT2D eigenvalue weighted by Crippen LogP contribution is -1.93. The lowest BCUT2D eigenvalue weighted by molar-refractivity contribution is 0.597. The molecule has 0 aliphatic rings. The highest BCUT2D eigenvalue weighted by Crippen LogP contribution is 2.25. The van der Waals surface area contributed by atoms with Crippen LogP contribution < -0.4 is 0 Å². The maximum absolute atomic E-state index is 13.2. The second kappa shape index (κ2) is 3.44. The summed E-state index contributed by atoms with van der Waals surface area (Å²) in [7, 11) is 0. The molecule has 0 amide bonds. The fraction of sp³-hybridized carbons (Fsp3) is 0.400. The number of aryl methyl sites for hydroxylation is 1. The van der Waals surface area contributed by atoms with E-state index in [1.54, 1.807) is 13.0 Å². The molecular formula is C10H12ClF. The van der Waals surface area contributed by atoms with Crippen molar-refractivity contribution in [1.29, 1.82) is 0 Å². The molecule has 12 heavy (non-hydrogen) atoms. The van der Waals surface area contributed by atoms with Crippen LogP contribution in [0.2, 0.25) is 5.02 Å². The Labute approximate surface area is 77.4 Å². The highest BCUT2D eigenvalue weighted by atomic mass is 35.5. The van der Waals surface area contributed by atoms with Crippen LogP contribution in [-0.2, 0) is 0 Å². The second-order valence-electron chi connectivity index (χ2n) is 3.28. The molecule has 0 atom stereocenters. The first-order chi connectivity index (χ1) is 5.52. The molecule has 1 aromatic rings. The summed E-state index contributed by atoms with van der Waals surface area (Å²) in [6.07, 6.45) is 0. The third-order valence-corrected chi connectivity index (χ3v) is 2.31. The lowest BCUT2D eigenvalue weighted by Gasteiger charge is -2.08. The molecule has 1 rings (SSSR count). The van der Waals surface area contributed by atoms with Gasteiger partial charge in [0.1, 0.15) is 5.82 Å². The molecule has 0 radical (unpaired) electrons. The predicted octanol–water partition coefficient (Wildman–Crippen LogP) is 3.91. The third kappa shape index (κ3) is 1.78. The van der Waals surface area contributed by atoms with E-state index in [1.807, 2.05) is 13.8 Å². The zero-order valence-corrected chi connectivity index (χ0v) is 8.24. The van der Waals surface area contributed by atoms with Gasteiger partial charge in [0.05, 0.1) is 0 Å². The van der Waals surface area contributed by atoms with Crippen LogP contribution in [0, 0.1) is 12.7 Å². The summed E-state index contributed by atoms with van der Waals surface area (Å²) in [5.41, 5.74) is 1.48. The Hall–Kier alpha value is -0.560. The van der Waals surface area contributed by atoms with E-state index in [-0.39, 0.29) is 11.7 Å². The van der Waals surface area contributed by atoms with E-state index < -0.39 is 0 Å². The van der Waals surface area contributed by atoms with Crippen molar-refractivity contribution in [3.63, 3.8) is 0 Å². The summed E-state index contributed by atoms with van der Waals surface area (Å²) in [4.78, 5) is 0. The first kappa shape index (κ1) is 9.53. The molecule has 0 heterocycles. The third-order valence-electron chi connectivity index (χ3n) is 1.90. The van der Waals surface area contributed by atoms with Gasteiger partial charge in [0.2, 0.25) is 0 Å². The second-order valence-corrected chi connectivity index (χ2v) is 3.68. The van der Waals surface area contributed by atoms with Crippen LogP contribution in [0.3, 0.4) is 0 Å². The molecule has 0 aliphatic heterocycles. The summed E-state index contributed by atoms with van der Waals surface area (Å²) >= 11 is 5.86. The van der Waals surface area contributed by atoms with Crippen LogP contribution in [-0.4, -0.2) is 0 Å². The van der Waals surface area contributed by atoms with E-state index in [4.69, 9.17) is 11.6 Å². The van der Waals surface area contributed by atoms with Crippen molar-refractivity contribution in [2.24, 2.45) is 0 Å². The molecule has 2 heteroatoms. The van der Waals surface area contributed by atoms with Crippen molar-refractivity contribution in [1.82, 2.24) is 0 Å². The summed E-state index contributed by atoms with van der Waals surface area (Å²) in [6, 6.07) is 3.19. The smallest absolute Gasteiger partial charge is 0.127 e. The van der Waals surface area contributed by atoms with Crippen LogP contribution in [0.4, 0.5) is 4.39 Å². The minimum absolute atomic E-state index is 0.160. The zero-order chi connectivity index (χ0) is 9.30. The SMILES string of the molecule is Cc1cc(F)c(C(C)C)cc1Cl. The summed E-state index contributed by atoms with van der Waals surface area (Å²) in [5, 5.41) is 0.639. The van der Waals surface area contributed by atoms with Crippen LogP contribution in [0.25, 0.3) is 0 Å². The fourth-order valence-electron chi connectivity index (χ4n) is 1.10. The number of halogens is 2. The van der Waals surface area contributed by atoms with E-state index in [0.29, 0.717) is 10.6 Å². The van der Waals surface area contributed by atoms with Gasteiger partial charge in [0, 0.05) is 5.02 Å². The first-order valence-electron chi connectivity index (χ1n) is 3.98. The van der Waals surface area contributed by atoms with Gasteiger partial charge in [-0.15, -0.1) is 0 Å². The quantitative estimate of drug-likeness (QED) is 0.624. The highest BCUT2D eigenvalue weighted by Gasteiger charge is 2.08. The molecule has 0 bridgehead atoms. The Balaban J connectivity index is 3.23. The van der Waals surface area contributed by atoms with E-state index in [1.165, 1.54) is 6.07 Å². The minimum Gasteiger partial charge on any atom is -0.207 e. The van der Waals surface area contributed by atoms with Gasteiger partial charge in [-0.05, 0) is 36.1 Å². The Bertz CT molecular complexity index is 292. The Morgan fingerprint density at radius 1 is 1.33 bits per heavy atom. The Kier molecular flexibility index (Phi) is 2.73. The van der Waals surface area contributed by atoms with Crippen molar-refractivity contribution in [3.8, 4) is 0 Å². The van der Waals surface area contributed by atoms with Gasteiger partial charge in [-0.25, -0.2) is 4.39 Å². The molecule has 0 N–H and O–H groups in total. The van der Waals surface area contributed by atoms with E-state index in [2.05, 4.69) is 0 Å². The highest BCUT2D eigenvalue weighted by molar-refractivity contribution is 6.31. The van der Waals surface area contributed by atoms with Crippen molar-refractivity contribution in [2.45, 2.75) is 26.7 Å². The normalized spacial score (nSPS) is 10.8. The van der Waals surface area contributed by atoms with Gasteiger partial charge in [-0.2, -0.15) is 0 Å². The molecule has 0 saturated carbocycles. The number of benzene rings is 1. The molecule has 0 fully saturated rings. The molecule has 0 spiro atoms. The molecule has 1 aromatic carbocycles. The average molecular weight is 187 g/mol. The average Bonchev–Trinajstić information content (AvgIpc) is 1.96. The molecule has 66 valence electrons. The Morgan fingerprint density at radius 3 is 2.42 bits per heavy atom. The standard InChI is InChI=1S/C10H12ClF/c1-6(2)8-5-9(11)7(3)4-10(8)12/h4-6H,1-3H3. The van der Waals surface area contributed by atoms with Gasteiger partial charge < -0.3 is 0 Å². The lowest BCUT2D eigenvalue weighted by atomic mass is 10.0. The van der Waals surface area contributed by atoms with Crippen molar-refractivity contribution in [2.75, 3.05) is 0 Å². The van der Waals surface area contributed by atoms with Gasteiger partial charge in [0.25, 0.3) is 0 Å². The van der Waals surface area contributed by atoms with Gasteiger partial charge >= 0.3 is 0 Å². The van der Waals surface area contributed by atoms with Crippen molar-refractivity contribution in [3.05, 3.63) is 34.1 Å². The van der Waals surface area contributed by atoms with Crippen LogP contribution in [0.5, 0.6) is 0 Å². The molecule has 0 nitrogen and oxygen atoms in total. The van der Waals surface area contributed by atoms with E-state index in [9.17, 15) is 4.39 Å². The van der Waals surface area contributed by atoms with Gasteiger partial charge in [0.15, 0.2) is 0 Å². The summed E-state index contributed by atoms with van der Waals surface area (Å²) in [5.74, 6) is 0.0231. The maximum atomic E-state index is 13.2. The van der Waals surface area contributed by atoms with Gasteiger partial charge in [-0.1, -0.05) is 25.4 Å². The maximum Gasteiger partial charge on any atom is 0.127 e. The number of rotatable bonds is 1. The largest absolute Gasteiger partial charge is 0.207 e. The van der Waals surface area contributed by atoms with Crippen molar-refractivity contribution >= 4 is 11.6 Å². The molecule has 0 saturated heterocycles.